The molecule has 194 valence electrons. The van der Waals surface area contributed by atoms with Gasteiger partial charge in [-0.2, -0.15) is 0 Å². The van der Waals surface area contributed by atoms with E-state index in [1.54, 1.807) is 23.5 Å². The van der Waals surface area contributed by atoms with Gasteiger partial charge in [0.1, 0.15) is 0 Å². The average Bonchev–Trinajstić information content (AvgIpc) is 3.26. The minimum atomic E-state index is -3.51. The van der Waals surface area contributed by atoms with E-state index >= 15 is 0 Å². The third-order valence-corrected chi connectivity index (χ3v) is 10.4. The molecule has 8 heteroatoms. The van der Waals surface area contributed by atoms with Crippen LogP contribution in [0, 0.1) is 5.92 Å². The highest BCUT2D eigenvalue weighted by atomic mass is 32.2. The second-order valence-corrected chi connectivity index (χ2v) is 13.3. The Morgan fingerprint density at radius 2 is 1.83 bits per heavy atom. The lowest BCUT2D eigenvalue weighted by atomic mass is 9.84. The van der Waals surface area contributed by atoms with Crippen LogP contribution in [0.2, 0.25) is 0 Å². The van der Waals surface area contributed by atoms with Crippen molar-refractivity contribution in [3.05, 3.63) is 53.0 Å². The number of aromatic nitrogens is 1. The van der Waals surface area contributed by atoms with Crippen molar-refractivity contribution in [2.45, 2.75) is 81.7 Å². The summed E-state index contributed by atoms with van der Waals surface area (Å²) in [6.07, 6.45) is 9.64. The second kappa shape index (κ2) is 11.2. The zero-order valence-electron chi connectivity index (χ0n) is 21.2. The predicted octanol–water partition coefficient (Wildman–Crippen LogP) is 5.38. The van der Waals surface area contributed by atoms with Crippen molar-refractivity contribution in [3.63, 3.8) is 0 Å². The highest BCUT2D eigenvalue weighted by molar-refractivity contribution is 7.89. The summed E-state index contributed by atoms with van der Waals surface area (Å²) in [5.74, 6) is 0.670. The molecule has 3 N–H and O–H groups in total. The number of sulfonamides is 1. The molecule has 6 nitrogen and oxygen atoms in total. The van der Waals surface area contributed by atoms with Gasteiger partial charge in [0.15, 0.2) is 5.13 Å². The molecule has 5 rings (SSSR count). The predicted molar refractivity (Wildman–Crippen MR) is 149 cm³/mol. The zero-order valence-corrected chi connectivity index (χ0v) is 22.8. The third kappa shape index (κ3) is 5.93. The van der Waals surface area contributed by atoms with Crippen molar-refractivity contribution < 1.29 is 8.42 Å². The molecule has 2 aliphatic carbocycles. The number of benzene rings is 2. The Kier molecular flexibility index (Phi) is 7.96. The largest absolute Gasteiger partial charge is 0.375 e. The Labute approximate surface area is 219 Å². The van der Waals surface area contributed by atoms with Crippen molar-refractivity contribution >= 4 is 37.3 Å². The van der Waals surface area contributed by atoms with Crippen LogP contribution in [0.3, 0.4) is 0 Å². The quantitative estimate of drug-likeness (QED) is 0.391. The second-order valence-electron chi connectivity index (χ2n) is 10.5. The number of anilines is 1. The first-order valence-electron chi connectivity index (χ1n) is 13.4. The topological polar surface area (TPSA) is 88.3 Å². The molecule has 36 heavy (non-hydrogen) atoms. The van der Waals surface area contributed by atoms with Gasteiger partial charge in [0.05, 0.1) is 10.6 Å². The lowest BCUT2D eigenvalue weighted by Crippen LogP contribution is -2.41. The number of hydrogen-bond acceptors (Lipinski definition) is 6. The highest BCUT2D eigenvalue weighted by Gasteiger charge is 2.29. The Bertz CT molecular complexity index is 1280. The SMILES string of the molecule is CCCN(CCC1CCC(NS(=O)(=O)c2ccc3ccccc3c2)CC1)[C@H]1CCc2nc(N)sc2C1. The highest BCUT2D eigenvalue weighted by Crippen LogP contribution is 2.32. The van der Waals surface area contributed by atoms with Crippen LogP contribution in [0.4, 0.5) is 5.13 Å². The summed E-state index contributed by atoms with van der Waals surface area (Å²) < 4.78 is 29.1. The lowest BCUT2D eigenvalue weighted by molar-refractivity contribution is 0.158. The minimum absolute atomic E-state index is 0.0259. The summed E-state index contributed by atoms with van der Waals surface area (Å²) in [6, 6.07) is 13.9. The lowest BCUT2D eigenvalue weighted by Gasteiger charge is -2.36. The summed E-state index contributed by atoms with van der Waals surface area (Å²) in [7, 11) is -3.51. The van der Waals surface area contributed by atoms with E-state index in [4.69, 9.17) is 5.73 Å². The molecule has 0 radical (unpaired) electrons. The minimum Gasteiger partial charge on any atom is -0.375 e. The number of nitrogens with two attached hydrogens (primary N) is 1. The van der Waals surface area contributed by atoms with Gasteiger partial charge in [0, 0.05) is 17.0 Å². The third-order valence-electron chi connectivity index (χ3n) is 7.98. The normalized spacial score (nSPS) is 22.7. The molecule has 0 saturated heterocycles. The zero-order chi connectivity index (χ0) is 25.1. The molecule has 2 aliphatic rings. The number of aryl methyl sites for hydroxylation is 1. The molecular weight excluding hydrogens is 488 g/mol. The van der Waals surface area contributed by atoms with Crippen LogP contribution in [-0.2, 0) is 22.9 Å². The van der Waals surface area contributed by atoms with Crippen molar-refractivity contribution in [1.29, 1.82) is 0 Å². The summed E-state index contributed by atoms with van der Waals surface area (Å²) in [4.78, 5) is 8.93. The molecule has 3 aromatic rings. The van der Waals surface area contributed by atoms with E-state index in [9.17, 15) is 8.42 Å². The van der Waals surface area contributed by atoms with Gasteiger partial charge < -0.3 is 10.6 Å². The van der Waals surface area contributed by atoms with Crippen LogP contribution in [0.25, 0.3) is 10.8 Å². The van der Waals surface area contributed by atoms with Gasteiger partial charge in [-0.25, -0.2) is 18.1 Å². The Balaban J connectivity index is 1.12. The Morgan fingerprint density at radius 3 is 2.61 bits per heavy atom. The maximum atomic E-state index is 13.0. The van der Waals surface area contributed by atoms with Crippen molar-refractivity contribution in [2.24, 2.45) is 5.92 Å². The van der Waals surface area contributed by atoms with E-state index in [1.807, 2.05) is 30.3 Å². The van der Waals surface area contributed by atoms with Crippen LogP contribution < -0.4 is 10.5 Å². The maximum Gasteiger partial charge on any atom is 0.240 e. The number of nitrogens with zero attached hydrogens (tertiary/aromatic N) is 2. The molecule has 2 aromatic carbocycles. The van der Waals surface area contributed by atoms with E-state index in [0.29, 0.717) is 22.0 Å². The fourth-order valence-electron chi connectivity index (χ4n) is 5.99. The van der Waals surface area contributed by atoms with Crippen LogP contribution in [0.5, 0.6) is 0 Å². The fraction of sp³-hybridized carbons (Fsp3) is 0.536. The number of hydrogen-bond donors (Lipinski definition) is 2. The fourth-order valence-corrected chi connectivity index (χ4v) is 8.28. The number of rotatable bonds is 9. The Hall–Kier alpha value is -2.00. The Morgan fingerprint density at radius 1 is 1.06 bits per heavy atom. The molecule has 0 bridgehead atoms. The van der Waals surface area contributed by atoms with Crippen LogP contribution in [0.15, 0.2) is 47.4 Å². The van der Waals surface area contributed by atoms with Gasteiger partial charge in [-0.05, 0) is 99.7 Å². The molecule has 0 amide bonds. The van der Waals surface area contributed by atoms with Gasteiger partial charge in [-0.15, -0.1) is 11.3 Å². The van der Waals surface area contributed by atoms with Crippen molar-refractivity contribution in [3.8, 4) is 0 Å². The van der Waals surface area contributed by atoms with Gasteiger partial charge in [0.2, 0.25) is 10.0 Å². The summed E-state index contributed by atoms with van der Waals surface area (Å²) in [5.41, 5.74) is 7.17. The van der Waals surface area contributed by atoms with E-state index in [-0.39, 0.29) is 6.04 Å². The number of fused-ring (bicyclic) bond motifs is 2. The van der Waals surface area contributed by atoms with E-state index < -0.39 is 10.0 Å². The summed E-state index contributed by atoms with van der Waals surface area (Å²) in [5, 5.41) is 2.71. The van der Waals surface area contributed by atoms with Gasteiger partial charge >= 0.3 is 0 Å². The van der Waals surface area contributed by atoms with Crippen molar-refractivity contribution in [1.82, 2.24) is 14.6 Å². The molecule has 1 aromatic heterocycles. The summed E-state index contributed by atoms with van der Waals surface area (Å²) >= 11 is 1.66. The first-order chi connectivity index (χ1) is 17.4. The first kappa shape index (κ1) is 25.6. The van der Waals surface area contributed by atoms with Crippen LogP contribution in [-0.4, -0.2) is 43.5 Å². The van der Waals surface area contributed by atoms with E-state index in [1.165, 1.54) is 23.4 Å². The van der Waals surface area contributed by atoms with E-state index in [2.05, 4.69) is 21.5 Å². The van der Waals surface area contributed by atoms with E-state index in [0.717, 1.165) is 68.8 Å². The molecule has 1 fully saturated rings. The smallest absolute Gasteiger partial charge is 0.240 e. The monoisotopic (exact) mass is 526 g/mol. The van der Waals surface area contributed by atoms with Gasteiger partial charge in [0.25, 0.3) is 0 Å². The molecule has 1 saturated carbocycles. The number of nitrogen functional groups attached to an aromatic ring is 1. The van der Waals surface area contributed by atoms with Crippen molar-refractivity contribution in [2.75, 3.05) is 18.8 Å². The molecule has 0 aliphatic heterocycles. The maximum absolute atomic E-state index is 13.0. The average molecular weight is 527 g/mol. The van der Waals surface area contributed by atoms with Gasteiger partial charge in [-0.3, -0.25) is 0 Å². The summed E-state index contributed by atoms with van der Waals surface area (Å²) in [6.45, 7) is 4.52. The van der Waals surface area contributed by atoms with Crippen LogP contribution >= 0.6 is 11.3 Å². The molecule has 1 heterocycles. The number of nitrogens with one attached hydrogen (secondary N) is 1. The molecular formula is C28H38N4O2S2. The molecule has 0 unspecified atom stereocenters. The molecule has 0 spiro atoms. The van der Waals surface area contributed by atoms with Gasteiger partial charge in [-0.1, -0.05) is 37.3 Å². The first-order valence-corrected chi connectivity index (χ1v) is 15.7. The number of thiazole rings is 1. The van der Waals surface area contributed by atoms with Crippen LogP contribution in [0.1, 0.15) is 62.4 Å². The standard InChI is InChI=1S/C28H38N4O2S2/c1-2-16-32(24-12-14-26-27(19-24)35-28(29)30-26)17-15-20-7-10-23(11-8-20)31-36(33,34)25-13-9-21-5-3-4-6-22(21)18-25/h3-6,9,13,18,20,23-24,31H,2,7-8,10-12,14-17,19H2,1H3,(H2,29,30)/t20?,23?,24-/m0/s1. The molecule has 1 atom stereocenters.